The number of carbonyl (C=O) groups is 1. The molecule has 0 aromatic carbocycles. The largest absolute Gasteiger partial charge is 0.381 e. The molecule has 2 unspecified atom stereocenters. The maximum atomic E-state index is 11.9. The number of nitrogens with one attached hydrogen (secondary N) is 1. The lowest BCUT2D eigenvalue weighted by Crippen LogP contribution is -2.43. The summed E-state index contributed by atoms with van der Waals surface area (Å²) in [5, 5.41) is 3.46. The SMILES string of the molecule is CCOCC1CCN(C(=NCC(=O)N(C)C)NCC2CCOC2)C1. The standard InChI is InChI=1S/C17H32N4O3/c1-4-23-13-15-5-7-21(11-15)17(19-10-16(22)20(2)3)18-9-14-6-8-24-12-14/h14-15H,4-13H2,1-3H3,(H,18,19). The van der Waals surface area contributed by atoms with Gasteiger partial charge in [0, 0.05) is 58.8 Å². The van der Waals surface area contributed by atoms with Crippen LogP contribution in [0.3, 0.4) is 0 Å². The fraction of sp³-hybridized carbons (Fsp3) is 0.882. The number of rotatable bonds is 7. The molecule has 7 heteroatoms. The third-order valence-corrected chi connectivity index (χ3v) is 4.58. The second kappa shape index (κ2) is 9.84. The Morgan fingerprint density at radius 2 is 2.21 bits per heavy atom. The van der Waals surface area contributed by atoms with Crippen molar-refractivity contribution in [3.8, 4) is 0 Å². The topological polar surface area (TPSA) is 66.4 Å². The minimum atomic E-state index is 0.0172. The molecule has 0 spiro atoms. The van der Waals surface area contributed by atoms with Crippen LogP contribution in [0.2, 0.25) is 0 Å². The lowest BCUT2D eigenvalue weighted by molar-refractivity contribution is -0.127. The van der Waals surface area contributed by atoms with Gasteiger partial charge in [-0.3, -0.25) is 4.79 Å². The smallest absolute Gasteiger partial charge is 0.243 e. The fourth-order valence-electron chi connectivity index (χ4n) is 2.98. The average Bonchev–Trinajstić information content (AvgIpc) is 3.24. The Labute approximate surface area is 145 Å². The number of nitrogens with zero attached hydrogens (tertiary/aromatic N) is 3. The molecule has 0 aromatic rings. The van der Waals surface area contributed by atoms with Crippen molar-refractivity contribution in [3.63, 3.8) is 0 Å². The van der Waals surface area contributed by atoms with Crippen LogP contribution in [0, 0.1) is 11.8 Å². The summed E-state index contributed by atoms with van der Waals surface area (Å²) in [4.78, 5) is 20.3. The van der Waals surface area contributed by atoms with Gasteiger partial charge in [0.1, 0.15) is 6.54 Å². The Morgan fingerprint density at radius 1 is 1.38 bits per heavy atom. The molecule has 2 aliphatic heterocycles. The third-order valence-electron chi connectivity index (χ3n) is 4.58. The molecule has 7 nitrogen and oxygen atoms in total. The molecule has 1 N–H and O–H groups in total. The maximum Gasteiger partial charge on any atom is 0.243 e. The Balaban J connectivity index is 1.91. The molecule has 0 aromatic heterocycles. The normalized spacial score (nSPS) is 24.5. The number of likely N-dealkylation sites (N-methyl/N-ethyl adjacent to an activating group) is 1. The highest BCUT2D eigenvalue weighted by molar-refractivity contribution is 5.85. The number of likely N-dealkylation sites (tertiary alicyclic amines) is 1. The summed E-state index contributed by atoms with van der Waals surface area (Å²) in [5.74, 6) is 1.93. The Hall–Kier alpha value is -1.34. The number of hydrogen-bond acceptors (Lipinski definition) is 4. The lowest BCUT2D eigenvalue weighted by atomic mass is 10.1. The maximum absolute atomic E-state index is 11.9. The Kier molecular flexibility index (Phi) is 7.78. The van der Waals surface area contributed by atoms with Crippen molar-refractivity contribution in [1.82, 2.24) is 15.1 Å². The number of hydrogen-bond donors (Lipinski definition) is 1. The second-order valence-electron chi connectivity index (χ2n) is 6.80. The van der Waals surface area contributed by atoms with Crippen LogP contribution in [0.25, 0.3) is 0 Å². The summed E-state index contributed by atoms with van der Waals surface area (Å²) in [6.07, 6.45) is 2.19. The monoisotopic (exact) mass is 340 g/mol. The predicted molar refractivity (Wildman–Crippen MR) is 94.1 cm³/mol. The second-order valence-corrected chi connectivity index (χ2v) is 6.80. The number of ether oxygens (including phenoxy) is 2. The van der Waals surface area contributed by atoms with Crippen molar-refractivity contribution in [2.45, 2.75) is 19.8 Å². The first-order chi connectivity index (χ1) is 11.6. The first kappa shape index (κ1) is 19.0. The number of amides is 1. The predicted octanol–water partition coefficient (Wildman–Crippen LogP) is 0.415. The quantitative estimate of drug-likeness (QED) is 0.537. The van der Waals surface area contributed by atoms with Gasteiger partial charge in [0.05, 0.1) is 13.2 Å². The minimum absolute atomic E-state index is 0.0172. The van der Waals surface area contributed by atoms with Crippen LogP contribution in [-0.4, -0.2) is 88.4 Å². The zero-order valence-electron chi connectivity index (χ0n) is 15.3. The van der Waals surface area contributed by atoms with Crippen LogP contribution in [0.15, 0.2) is 4.99 Å². The zero-order chi connectivity index (χ0) is 17.4. The van der Waals surface area contributed by atoms with Crippen molar-refractivity contribution >= 4 is 11.9 Å². The van der Waals surface area contributed by atoms with E-state index in [-0.39, 0.29) is 12.5 Å². The molecule has 2 fully saturated rings. The molecule has 24 heavy (non-hydrogen) atoms. The van der Waals surface area contributed by atoms with Crippen molar-refractivity contribution in [2.75, 3.05) is 66.7 Å². The molecule has 2 saturated heterocycles. The molecular formula is C17H32N4O3. The van der Waals surface area contributed by atoms with E-state index in [2.05, 4.69) is 15.2 Å². The third kappa shape index (κ3) is 5.94. The molecule has 0 bridgehead atoms. The van der Waals surface area contributed by atoms with Crippen molar-refractivity contribution in [2.24, 2.45) is 16.8 Å². The Bertz CT molecular complexity index is 422. The van der Waals surface area contributed by atoms with Crippen molar-refractivity contribution in [1.29, 1.82) is 0 Å². The average molecular weight is 340 g/mol. The summed E-state index contributed by atoms with van der Waals surface area (Å²) in [5.41, 5.74) is 0. The minimum Gasteiger partial charge on any atom is -0.381 e. The lowest BCUT2D eigenvalue weighted by Gasteiger charge is -2.23. The molecule has 0 aliphatic carbocycles. The van der Waals surface area contributed by atoms with Crippen LogP contribution in [0.4, 0.5) is 0 Å². The van der Waals surface area contributed by atoms with E-state index < -0.39 is 0 Å². The van der Waals surface area contributed by atoms with Gasteiger partial charge in [-0.1, -0.05) is 0 Å². The summed E-state index contributed by atoms with van der Waals surface area (Å²) >= 11 is 0. The zero-order valence-corrected chi connectivity index (χ0v) is 15.3. The highest BCUT2D eigenvalue weighted by Crippen LogP contribution is 2.17. The summed E-state index contributed by atoms with van der Waals surface area (Å²) < 4.78 is 11.0. The van der Waals surface area contributed by atoms with Gasteiger partial charge in [-0.2, -0.15) is 0 Å². The highest BCUT2D eigenvalue weighted by atomic mass is 16.5. The summed E-state index contributed by atoms with van der Waals surface area (Å²) in [6.45, 7) is 8.16. The Morgan fingerprint density at radius 3 is 2.88 bits per heavy atom. The van der Waals surface area contributed by atoms with E-state index in [0.717, 1.165) is 64.9 Å². The summed E-state index contributed by atoms with van der Waals surface area (Å²) in [6, 6.07) is 0. The van der Waals surface area contributed by atoms with Gasteiger partial charge in [0.15, 0.2) is 5.96 Å². The number of aliphatic imine (C=N–C) groups is 1. The van der Waals surface area contributed by atoms with Crippen LogP contribution >= 0.6 is 0 Å². The molecule has 1 amide bonds. The molecule has 0 radical (unpaired) electrons. The van der Waals surface area contributed by atoms with E-state index in [1.54, 1.807) is 19.0 Å². The first-order valence-electron chi connectivity index (χ1n) is 8.99. The van der Waals surface area contributed by atoms with Gasteiger partial charge in [-0.05, 0) is 19.8 Å². The fourth-order valence-corrected chi connectivity index (χ4v) is 2.98. The van der Waals surface area contributed by atoms with Crippen LogP contribution in [0.5, 0.6) is 0 Å². The van der Waals surface area contributed by atoms with Crippen LogP contribution < -0.4 is 5.32 Å². The first-order valence-corrected chi connectivity index (χ1v) is 8.99. The highest BCUT2D eigenvalue weighted by Gasteiger charge is 2.26. The van der Waals surface area contributed by atoms with Gasteiger partial charge in [0.25, 0.3) is 0 Å². The van der Waals surface area contributed by atoms with E-state index in [1.165, 1.54) is 0 Å². The van der Waals surface area contributed by atoms with Gasteiger partial charge < -0.3 is 24.6 Å². The summed E-state index contributed by atoms with van der Waals surface area (Å²) in [7, 11) is 3.52. The van der Waals surface area contributed by atoms with E-state index in [0.29, 0.717) is 11.8 Å². The van der Waals surface area contributed by atoms with E-state index >= 15 is 0 Å². The molecule has 2 heterocycles. The van der Waals surface area contributed by atoms with E-state index in [9.17, 15) is 4.79 Å². The van der Waals surface area contributed by atoms with Crippen molar-refractivity contribution in [3.05, 3.63) is 0 Å². The van der Waals surface area contributed by atoms with Crippen LogP contribution in [0.1, 0.15) is 19.8 Å². The van der Waals surface area contributed by atoms with Crippen molar-refractivity contribution < 1.29 is 14.3 Å². The number of guanidine groups is 1. The molecular weight excluding hydrogens is 308 g/mol. The van der Waals surface area contributed by atoms with Gasteiger partial charge in [0.2, 0.25) is 5.91 Å². The van der Waals surface area contributed by atoms with Gasteiger partial charge in [-0.15, -0.1) is 0 Å². The molecule has 2 aliphatic rings. The molecule has 2 atom stereocenters. The number of carbonyl (C=O) groups excluding carboxylic acids is 1. The van der Waals surface area contributed by atoms with Gasteiger partial charge in [-0.25, -0.2) is 4.99 Å². The van der Waals surface area contributed by atoms with Gasteiger partial charge >= 0.3 is 0 Å². The van der Waals surface area contributed by atoms with Crippen LogP contribution in [-0.2, 0) is 14.3 Å². The molecule has 2 rings (SSSR count). The van der Waals surface area contributed by atoms with E-state index in [1.807, 2.05) is 6.92 Å². The molecule has 0 saturated carbocycles. The molecule has 138 valence electrons. The van der Waals surface area contributed by atoms with E-state index in [4.69, 9.17) is 9.47 Å².